The van der Waals surface area contributed by atoms with E-state index in [0.29, 0.717) is 57.2 Å². The highest BCUT2D eigenvalue weighted by Gasteiger charge is 2.33. The number of halogens is 4. The summed E-state index contributed by atoms with van der Waals surface area (Å²) in [6.07, 6.45) is 5.87. The number of nitrogens with two attached hydrogens (primary N) is 2. The first-order chi connectivity index (χ1) is 59.3. The molecule has 0 aromatic heterocycles. The molecule has 30 nitrogen and oxygen atoms in total. The quantitative estimate of drug-likeness (QED) is 0.0103. The summed E-state index contributed by atoms with van der Waals surface area (Å²) in [5.41, 5.74) is 15.8. The molecule has 8 aromatic carbocycles. The van der Waals surface area contributed by atoms with Crippen LogP contribution in [-0.4, -0.2) is 217 Å². The first kappa shape index (κ1) is 112. The van der Waals surface area contributed by atoms with Crippen molar-refractivity contribution in [3.05, 3.63) is 253 Å². The lowest BCUT2D eigenvalue weighted by atomic mass is 9.95. The summed E-state index contributed by atoms with van der Waals surface area (Å²) in [6, 6.07) is 47.1. The van der Waals surface area contributed by atoms with Crippen LogP contribution >= 0.6 is 69.9 Å². The lowest BCUT2D eigenvalue weighted by Crippen LogP contribution is -2.45. The molecule has 0 radical (unpaired) electrons. The number of carboxylic acids is 2. The molecule has 0 fully saturated rings. The summed E-state index contributed by atoms with van der Waals surface area (Å²) in [5, 5.41) is 37.0. The molecule has 128 heavy (non-hydrogen) atoms. The monoisotopic (exact) mass is 1950 g/mol. The number of aliphatic carboxylic acids is 2. The second kappa shape index (κ2) is 52.7. The van der Waals surface area contributed by atoms with Gasteiger partial charge in [-0.1, -0.05) is 126 Å². The Labute approximate surface area is 776 Å². The molecule has 6 atom stereocenters. The van der Waals surface area contributed by atoms with E-state index in [-0.39, 0.29) is 92.4 Å². The molecule has 5 amide bonds. The topological polar surface area (TPSA) is 480 Å². The Morgan fingerprint density at radius 3 is 1.38 bits per heavy atom. The van der Waals surface area contributed by atoms with Crippen molar-refractivity contribution >= 4 is 153 Å². The summed E-state index contributed by atoms with van der Waals surface area (Å²) in [7, 11) is -5.99. The molecule has 0 unspecified atom stereocenters. The van der Waals surface area contributed by atoms with E-state index in [1.165, 1.54) is 72.0 Å². The van der Waals surface area contributed by atoms with Crippen molar-refractivity contribution in [3.63, 3.8) is 0 Å². The molecule has 12 N–H and O–H groups in total. The van der Waals surface area contributed by atoms with Crippen LogP contribution in [0.5, 0.6) is 0 Å². The van der Waals surface area contributed by atoms with E-state index in [1.807, 2.05) is 73.0 Å². The Balaban J connectivity index is 0.000000416. The van der Waals surface area contributed by atoms with Crippen molar-refractivity contribution in [2.75, 3.05) is 65.6 Å². The van der Waals surface area contributed by atoms with Crippen LogP contribution in [0.3, 0.4) is 0 Å². The minimum absolute atomic E-state index is 0. The number of esters is 2. The van der Waals surface area contributed by atoms with Crippen LogP contribution in [0.15, 0.2) is 206 Å². The van der Waals surface area contributed by atoms with Gasteiger partial charge in [0, 0.05) is 84.4 Å². The van der Waals surface area contributed by atoms with Gasteiger partial charge in [-0.05, 0) is 209 Å². The Bertz CT molecular complexity index is 5440. The summed E-state index contributed by atoms with van der Waals surface area (Å²) in [5.74, 6) is -4.10. The van der Waals surface area contributed by atoms with Crippen molar-refractivity contribution in [2.45, 2.75) is 165 Å². The standard InChI is InChI=1S/C27H23Cl3N2O6S.C16H23NO6S.C15H21NO4S.C12H18N2O2.C11H15NO4S.C8H9ClS.H2O/c1-39(37,38)19-4-2-3-15(11-19)12-22(27(35)36)31-25(33)23-21(29)13-17-14-32(10-9-20(17)24(23)30)26(34)16-5-7-18(28)8-6-16;1-16(2,3)23-15(19)17-13(14(18)22-4)10-11-7-6-8-12(9-11)24(5,20)21;1-15(2,3)20-14(19)16-12(13(17)18)9-10-6-5-7-11(8-10)21-4;1-9(14(2)11(15)8-13)12(16)10-6-4-3-5-7-10;1-16-11(13)10(12)7-8-4-3-5-9(6-8)17(2,14)15;1-10-8-4-2-3-7(5-8)6-9;/h2-8,11,13,22H,9-10,12,14H2,1H3,(H,31,33)(H,35,36);6-9,13H,10H2,1-5H3,(H,17,19);5-8,12H,9H2,1-4H3,(H,16,19)(H,17,18);3-7,9,12,16H,8,13H2,1-2H3;3-6,10H,7,12H2,1-2H3;2-5H,6H2,1H3;1H2/t22-;13-;12-;9-,12+;10-;;/m00010../s1. The third kappa shape index (κ3) is 38.8. The van der Waals surface area contributed by atoms with E-state index in [4.69, 9.17) is 67.3 Å². The number of fused-ring (bicyclic) bond motifs is 1. The van der Waals surface area contributed by atoms with Gasteiger partial charge in [0.05, 0.1) is 63.2 Å². The number of alkyl carbamates (subject to hydrolysis) is 2. The average molecular weight is 1950 g/mol. The number of benzene rings is 8. The van der Waals surface area contributed by atoms with Gasteiger partial charge in [0.1, 0.15) is 35.4 Å². The lowest BCUT2D eigenvalue weighted by molar-refractivity contribution is -0.143. The van der Waals surface area contributed by atoms with Crippen LogP contribution in [0.2, 0.25) is 15.1 Å². The molecule has 1 heterocycles. The van der Waals surface area contributed by atoms with Gasteiger partial charge in [-0.25, -0.2) is 49.2 Å². The van der Waals surface area contributed by atoms with Crippen molar-refractivity contribution < 1.29 is 108 Å². The SMILES string of the molecule is COC(=O)[C@@H](N)Cc1cccc(S(C)(=O)=O)c1.COC(=O)[C@H](Cc1cccc(S(C)(=O)=O)c1)NC(=O)OC(C)(C)C.CS(=O)(=O)c1cccc(C[C@H](NC(=O)c2c(Cl)cc3c(c2Cl)CCN(C(=O)c2ccc(Cl)cc2)C3)C(=O)O)c1.CSc1cccc(CCl)c1.CSc1cccc(C[C@H](NC(=O)OC(C)(C)C)C(=O)O)c1.C[C@H]([C@H](O)c1ccccc1)N(C)C(=O)CN.O. The molecule has 698 valence electrons. The number of aliphatic hydroxyl groups excluding tert-OH is 1. The first-order valence-electron chi connectivity index (χ1n) is 38.9. The number of carboxylic acid groups (broad SMARTS) is 2. The van der Waals surface area contributed by atoms with E-state index in [1.54, 1.807) is 145 Å². The second-order valence-electron chi connectivity index (χ2n) is 30.6. The largest absolute Gasteiger partial charge is 0.480 e. The van der Waals surface area contributed by atoms with E-state index in [9.17, 15) is 83.7 Å². The van der Waals surface area contributed by atoms with Gasteiger partial charge >= 0.3 is 36.1 Å². The van der Waals surface area contributed by atoms with Gasteiger partial charge in [-0.2, -0.15) is 0 Å². The smallest absolute Gasteiger partial charge is 0.408 e. The second-order valence-corrected chi connectivity index (χ2v) is 39.9. The number of alkyl halides is 1. The van der Waals surface area contributed by atoms with Gasteiger partial charge in [-0.15, -0.1) is 35.1 Å². The number of sulfone groups is 3. The maximum atomic E-state index is 13.2. The highest BCUT2D eigenvalue weighted by molar-refractivity contribution is 7.98. The van der Waals surface area contributed by atoms with Crippen molar-refractivity contribution in [1.29, 1.82) is 0 Å². The zero-order chi connectivity index (χ0) is 95.6. The molecular weight excluding hydrogens is 1840 g/mol. The van der Waals surface area contributed by atoms with Crippen LogP contribution in [0.25, 0.3) is 0 Å². The third-order valence-corrected chi connectivity index (χ3v) is 24.3. The normalized spacial score (nSPS) is 13.0. The fraction of sp³-hybridized carbons (Fsp3) is 0.360. The number of carbonyl (C=O) groups is 9. The Hall–Kier alpha value is -9.86. The Kier molecular flexibility index (Phi) is 46.2. The lowest BCUT2D eigenvalue weighted by Gasteiger charge is -2.30. The molecule has 0 saturated carbocycles. The summed E-state index contributed by atoms with van der Waals surface area (Å²) in [4.78, 5) is 113. The number of hydrogen-bond donors (Lipinski definition) is 8. The van der Waals surface area contributed by atoms with E-state index >= 15 is 0 Å². The first-order valence-corrected chi connectivity index (χ1v) is 48.6. The van der Waals surface area contributed by atoms with E-state index in [0.717, 1.165) is 34.8 Å². The summed E-state index contributed by atoms with van der Waals surface area (Å²) in [6.45, 7) is 12.6. The number of carbonyl (C=O) groups excluding carboxylic acids is 7. The number of ether oxygens (including phenoxy) is 4. The van der Waals surface area contributed by atoms with Crippen LogP contribution < -0.4 is 27.4 Å². The van der Waals surface area contributed by atoms with Gasteiger partial charge < -0.3 is 77.0 Å². The molecule has 0 spiro atoms. The minimum Gasteiger partial charge on any atom is -0.480 e. The Morgan fingerprint density at radius 2 is 0.961 bits per heavy atom. The highest BCUT2D eigenvalue weighted by Crippen LogP contribution is 2.36. The molecule has 1 aliphatic heterocycles. The molecular formula is C89H111Cl4N7O23S5. The fourth-order valence-corrected chi connectivity index (χ4v) is 15.7. The van der Waals surface area contributed by atoms with Crippen molar-refractivity contribution in [2.24, 2.45) is 11.5 Å². The van der Waals surface area contributed by atoms with Crippen LogP contribution in [0.1, 0.15) is 120 Å². The number of methoxy groups -OCH3 is 2. The Morgan fingerprint density at radius 1 is 0.555 bits per heavy atom. The number of amides is 5. The minimum atomic E-state index is -3.49. The van der Waals surface area contributed by atoms with Crippen molar-refractivity contribution in [1.82, 2.24) is 25.8 Å². The zero-order valence-electron chi connectivity index (χ0n) is 73.3. The van der Waals surface area contributed by atoms with Gasteiger partial charge in [0.25, 0.3) is 11.8 Å². The summed E-state index contributed by atoms with van der Waals surface area (Å²) >= 11 is 27.9. The average Bonchev–Trinajstić information content (AvgIpc) is 0.771. The maximum absolute atomic E-state index is 13.2. The number of rotatable bonds is 27. The van der Waals surface area contributed by atoms with Crippen LogP contribution in [-0.2, 0) is 117 Å². The molecule has 0 bridgehead atoms. The fourth-order valence-electron chi connectivity index (χ4n) is 11.6. The number of hydrogen-bond acceptors (Lipinski definition) is 24. The number of likely N-dealkylation sites (N-methyl/N-ethyl adjacent to an activating group) is 1. The number of aliphatic hydroxyl groups is 1. The predicted octanol–water partition coefficient (Wildman–Crippen LogP) is 12.3. The third-order valence-electron chi connectivity index (χ3n) is 18.2. The van der Waals surface area contributed by atoms with E-state index < -0.39 is 113 Å². The molecule has 1 aliphatic rings. The van der Waals surface area contributed by atoms with Crippen molar-refractivity contribution in [3.8, 4) is 0 Å². The molecule has 8 aromatic rings. The maximum Gasteiger partial charge on any atom is 0.408 e. The van der Waals surface area contributed by atoms with Crippen LogP contribution in [0, 0.1) is 0 Å². The number of thioether (sulfide) groups is 2. The molecule has 39 heteroatoms. The predicted molar refractivity (Wildman–Crippen MR) is 497 cm³/mol. The number of nitrogens with zero attached hydrogens (tertiary/aromatic N) is 2. The van der Waals surface area contributed by atoms with Gasteiger partial charge in [-0.3, -0.25) is 19.2 Å². The van der Waals surface area contributed by atoms with Crippen LogP contribution in [0.4, 0.5) is 9.59 Å². The molecule has 0 aliphatic carbocycles. The van der Waals surface area contributed by atoms with E-state index in [2.05, 4.69) is 43.8 Å². The summed E-state index contributed by atoms with van der Waals surface area (Å²) < 4.78 is 89.0. The zero-order valence-corrected chi connectivity index (χ0v) is 80.5. The van der Waals surface area contributed by atoms with Gasteiger partial charge in [0.2, 0.25) is 5.91 Å². The molecule has 9 rings (SSSR count). The van der Waals surface area contributed by atoms with Gasteiger partial charge in [0.15, 0.2) is 29.5 Å². The highest BCUT2D eigenvalue weighted by atomic mass is 35.5. The molecule has 0 saturated heterocycles. The number of nitrogens with one attached hydrogen (secondary N) is 3.